The van der Waals surface area contributed by atoms with Crippen LogP contribution in [0.1, 0.15) is 5.56 Å². The molecule has 0 atom stereocenters. The molecule has 0 aliphatic rings. The third-order valence-corrected chi connectivity index (χ3v) is 2.76. The molecule has 0 saturated carbocycles. The Balaban J connectivity index is 1.94. The van der Waals surface area contributed by atoms with E-state index in [1.165, 1.54) is 19.2 Å². The third-order valence-electron chi connectivity index (χ3n) is 2.55. The molecule has 0 amide bonds. The molecule has 2 rings (SSSR count). The Labute approximate surface area is 115 Å². The van der Waals surface area contributed by atoms with Crippen molar-refractivity contribution in [2.75, 3.05) is 13.7 Å². The number of hydrogen-bond donors (Lipinski definition) is 0. The Hall–Kier alpha value is -1.81. The van der Waals surface area contributed by atoms with Crippen LogP contribution in [0.25, 0.3) is 0 Å². The standard InChI is InChI=1S/C14H13ClFNO2/c1-18-14-12(6-7-13(15)17-14)19-9-8-10-2-4-11(16)5-3-10/h2-7H,8-9H2,1H3. The second-order valence-electron chi connectivity index (χ2n) is 3.87. The SMILES string of the molecule is COc1nc(Cl)ccc1OCCc1ccc(F)cc1. The van der Waals surface area contributed by atoms with Crippen molar-refractivity contribution in [2.45, 2.75) is 6.42 Å². The molecule has 100 valence electrons. The summed E-state index contributed by atoms with van der Waals surface area (Å²) in [5.41, 5.74) is 1.00. The summed E-state index contributed by atoms with van der Waals surface area (Å²) in [6.07, 6.45) is 0.673. The van der Waals surface area contributed by atoms with E-state index in [4.69, 9.17) is 21.1 Å². The second-order valence-corrected chi connectivity index (χ2v) is 4.25. The van der Waals surface area contributed by atoms with E-state index in [-0.39, 0.29) is 5.82 Å². The smallest absolute Gasteiger partial charge is 0.258 e. The maximum atomic E-state index is 12.7. The molecule has 5 heteroatoms. The van der Waals surface area contributed by atoms with Gasteiger partial charge in [0.1, 0.15) is 11.0 Å². The fourth-order valence-corrected chi connectivity index (χ4v) is 1.73. The second kappa shape index (κ2) is 6.38. The number of rotatable bonds is 5. The fraction of sp³-hybridized carbons (Fsp3) is 0.214. The largest absolute Gasteiger partial charge is 0.488 e. The molecule has 2 aromatic rings. The van der Waals surface area contributed by atoms with Crippen LogP contribution in [-0.2, 0) is 6.42 Å². The number of halogens is 2. The topological polar surface area (TPSA) is 31.4 Å². The number of methoxy groups -OCH3 is 1. The van der Waals surface area contributed by atoms with Crippen molar-refractivity contribution in [3.8, 4) is 11.6 Å². The summed E-state index contributed by atoms with van der Waals surface area (Å²) in [7, 11) is 1.51. The summed E-state index contributed by atoms with van der Waals surface area (Å²) in [4.78, 5) is 4.00. The first-order chi connectivity index (χ1) is 9.19. The van der Waals surface area contributed by atoms with E-state index >= 15 is 0 Å². The molecule has 0 aliphatic heterocycles. The predicted molar refractivity (Wildman–Crippen MR) is 71.4 cm³/mol. The first kappa shape index (κ1) is 13.6. The molecule has 0 radical (unpaired) electrons. The van der Waals surface area contributed by atoms with Crippen molar-refractivity contribution in [3.05, 3.63) is 52.9 Å². The van der Waals surface area contributed by atoms with E-state index in [0.29, 0.717) is 29.8 Å². The summed E-state index contributed by atoms with van der Waals surface area (Å²) in [5.74, 6) is 0.647. The molecule has 0 fully saturated rings. The molecule has 0 bridgehead atoms. The van der Waals surface area contributed by atoms with Crippen LogP contribution in [0.4, 0.5) is 4.39 Å². The lowest BCUT2D eigenvalue weighted by molar-refractivity contribution is 0.291. The minimum atomic E-state index is -0.242. The highest BCUT2D eigenvalue weighted by molar-refractivity contribution is 6.29. The van der Waals surface area contributed by atoms with Crippen molar-refractivity contribution in [1.29, 1.82) is 0 Å². The van der Waals surface area contributed by atoms with Crippen LogP contribution < -0.4 is 9.47 Å². The van der Waals surface area contributed by atoms with Gasteiger partial charge in [0.15, 0.2) is 5.75 Å². The zero-order chi connectivity index (χ0) is 13.7. The van der Waals surface area contributed by atoms with Gasteiger partial charge in [-0.1, -0.05) is 23.7 Å². The number of hydrogen-bond acceptors (Lipinski definition) is 3. The minimum Gasteiger partial charge on any atom is -0.488 e. The molecule has 3 nitrogen and oxygen atoms in total. The lowest BCUT2D eigenvalue weighted by Gasteiger charge is -2.09. The third kappa shape index (κ3) is 3.83. The lowest BCUT2D eigenvalue weighted by atomic mass is 10.2. The summed E-state index contributed by atoms with van der Waals surface area (Å²) in [6.45, 7) is 0.450. The van der Waals surface area contributed by atoms with Gasteiger partial charge in [-0.3, -0.25) is 0 Å². The first-order valence-corrected chi connectivity index (χ1v) is 6.14. The number of pyridine rings is 1. The zero-order valence-corrected chi connectivity index (χ0v) is 11.2. The van der Waals surface area contributed by atoms with Crippen molar-refractivity contribution in [3.63, 3.8) is 0 Å². The van der Waals surface area contributed by atoms with Gasteiger partial charge in [-0.2, -0.15) is 4.98 Å². The normalized spacial score (nSPS) is 10.3. The maximum absolute atomic E-state index is 12.7. The van der Waals surface area contributed by atoms with Gasteiger partial charge >= 0.3 is 0 Å². The molecule has 0 aliphatic carbocycles. The quantitative estimate of drug-likeness (QED) is 0.786. The summed E-state index contributed by atoms with van der Waals surface area (Å²) >= 11 is 5.76. The van der Waals surface area contributed by atoms with Crippen LogP contribution in [0.2, 0.25) is 5.15 Å². The van der Waals surface area contributed by atoms with Crippen LogP contribution in [-0.4, -0.2) is 18.7 Å². The molecule has 19 heavy (non-hydrogen) atoms. The van der Waals surface area contributed by atoms with Crippen LogP contribution in [0.15, 0.2) is 36.4 Å². The zero-order valence-electron chi connectivity index (χ0n) is 10.4. The van der Waals surface area contributed by atoms with Gasteiger partial charge in [0.25, 0.3) is 5.88 Å². The van der Waals surface area contributed by atoms with Crippen LogP contribution in [0.3, 0.4) is 0 Å². The van der Waals surface area contributed by atoms with E-state index in [1.807, 2.05) is 0 Å². The summed E-state index contributed by atoms with van der Waals surface area (Å²) in [5, 5.41) is 0.350. The Kier molecular flexibility index (Phi) is 4.58. The van der Waals surface area contributed by atoms with E-state index < -0.39 is 0 Å². The average molecular weight is 282 g/mol. The molecular formula is C14H13ClFNO2. The highest BCUT2D eigenvalue weighted by Crippen LogP contribution is 2.26. The number of ether oxygens (including phenoxy) is 2. The molecule has 1 aromatic heterocycles. The Morgan fingerprint density at radius 1 is 1.16 bits per heavy atom. The molecule has 1 aromatic carbocycles. The highest BCUT2D eigenvalue weighted by Gasteiger charge is 2.06. The number of benzene rings is 1. The van der Waals surface area contributed by atoms with Crippen LogP contribution in [0.5, 0.6) is 11.6 Å². The van der Waals surface area contributed by atoms with E-state index in [2.05, 4.69) is 4.98 Å². The molecule has 0 spiro atoms. The van der Waals surface area contributed by atoms with Gasteiger partial charge in [0, 0.05) is 6.42 Å². The van der Waals surface area contributed by atoms with Crippen molar-refractivity contribution < 1.29 is 13.9 Å². The van der Waals surface area contributed by atoms with Gasteiger partial charge in [0.2, 0.25) is 0 Å². The van der Waals surface area contributed by atoms with Crippen molar-refractivity contribution >= 4 is 11.6 Å². The molecule has 0 unspecified atom stereocenters. The molecule has 1 heterocycles. The Bertz CT molecular complexity index is 546. The Morgan fingerprint density at radius 3 is 2.58 bits per heavy atom. The highest BCUT2D eigenvalue weighted by atomic mass is 35.5. The summed E-state index contributed by atoms with van der Waals surface area (Å²) < 4.78 is 23.4. The monoisotopic (exact) mass is 281 g/mol. The van der Waals surface area contributed by atoms with E-state index in [1.54, 1.807) is 24.3 Å². The van der Waals surface area contributed by atoms with E-state index in [9.17, 15) is 4.39 Å². The van der Waals surface area contributed by atoms with Crippen LogP contribution in [0, 0.1) is 5.82 Å². The fourth-order valence-electron chi connectivity index (χ4n) is 1.59. The summed E-state index contributed by atoms with van der Waals surface area (Å²) in [6, 6.07) is 9.67. The van der Waals surface area contributed by atoms with Gasteiger partial charge in [0.05, 0.1) is 13.7 Å². The van der Waals surface area contributed by atoms with E-state index in [0.717, 1.165) is 5.56 Å². The van der Waals surface area contributed by atoms with Crippen molar-refractivity contribution in [1.82, 2.24) is 4.98 Å². The first-order valence-electron chi connectivity index (χ1n) is 5.77. The maximum Gasteiger partial charge on any atom is 0.258 e. The predicted octanol–water partition coefficient (Wildman–Crippen LogP) is 3.50. The van der Waals surface area contributed by atoms with Gasteiger partial charge < -0.3 is 9.47 Å². The van der Waals surface area contributed by atoms with Crippen LogP contribution >= 0.6 is 11.6 Å². The minimum absolute atomic E-state index is 0.242. The molecular weight excluding hydrogens is 269 g/mol. The number of aromatic nitrogens is 1. The molecule has 0 saturated heterocycles. The molecule has 0 N–H and O–H groups in total. The Morgan fingerprint density at radius 2 is 1.89 bits per heavy atom. The van der Waals surface area contributed by atoms with Gasteiger partial charge in [-0.05, 0) is 29.8 Å². The van der Waals surface area contributed by atoms with Gasteiger partial charge in [-0.25, -0.2) is 4.39 Å². The van der Waals surface area contributed by atoms with Crippen molar-refractivity contribution in [2.24, 2.45) is 0 Å². The number of nitrogens with zero attached hydrogens (tertiary/aromatic N) is 1. The lowest BCUT2D eigenvalue weighted by Crippen LogP contribution is -2.03. The van der Waals surface area contributed by atoms with Gasteiger partial charge in [-0.15, -0.1) is 0 Å². The average Bonchev–Trinajstić information content (AvgIpc) is 2.42.